The van der Waals surface area contributed by atoms with Crippen LogP contribution in [0.15, 0.2) is 18.2 Å². The zero-order chi connectivity index (χ0) is 14.2. The molecule has 2 atom stereocenters. The molecular weight excluding hydrogens is 242 g/mol. The Bertz CT molecular complexity index is 475. The maximum atomic E-state index is 3.90. The molecule has 2 aliphatic carbocycles. The Labute approximate surface area is 124 Å². The van der Waals surface area contributed by atoms with Crippen molar-refractivity contribution in [3.63, 3.8) is 0 Å². The lowest BCUT2D eigenvalue weighted by Crippen LogP contribution is -2.37. The molecular formula is C19H29N. The van der Waals surface area contributed by atoms with Crippen molar-refractivity contribution in [3.8, 4) is 0 Å². The maximum absolute atomic E-state index is 3.90. The number of anilines is 1. The fraction of sp³-hybridized carbons (Fsp3) is 0.684. The molecule has 2 unspecified atom stereocenters. The SMILES string of the molecule is CC1CC(C)(C)CCC1Nc1cccc2c1CCCC2. The number of nitrogens with one attached hydrogen (secondary N) is 1. The zero-order valence-corrected chi connectivity index (χ0v) is 13.3. The van der Waals surface area contributed by atoms with Gasteiger partial charge in [0, 0.05) is 11.7 Å². The second-order valence-electron chi connectivity index (χ2n) is 7.79. The molecule has 0 spiro atoms. The molecule has 1 saturated carbocycles. The summed E-state index contributed by atoms with van der Waals surface area (Å²) in [6.45, 7) is 7.27. The normalized spacial score (nSPS) is 28.8. The third-order valence-electron chi connectivity index (χ3n) is 5.43. The average molecular weight is 271 g/mol. The Hall–Kier alpha value is -0.980. The van der Waals surface area contributed by atoms with Crippen molar-refractivity contribution in [2.75, 3.05) is 5.32 Å². The Morgan fingerprint density at radius 3 is 2.75 bits per heavy atom. The highest BCUT2D eigenvalue weighted by atomic mass is 14.9. The molecule has 1 N–H and O–H groups in total. The molecule has 0 aromatic heterocycles. The van der Waals surface area contributed by atoms with E-state index in [1.54, 1.807) is 11.1 Å². The summed E-state index contributed by atoms with van der Waals surface area (Å²) in [4.78, 5) is 0. The van der Waals surface area contributed by atoms with Crippen molar-refractivity contribution in [2.24, 2.45) is 11.3 Å². The van der Waals surface area contributed by atoms with Gasteiger partial charge in [-0.05, 0) is 73.5 Å². The molecule has 0 bridgehead atoms. The van der Waals surface area contributed by atoms with Crippen LogP contribution < -0.4 is 5.32 Å². The van der Waals surface area contributed by atoms with E-state index in [1.807, 2.05) is 0 Å². The van der Waals surface area contributed by atoms with Crippen molar-refractivity contribution in [1.82, 2.24) is 0 Å². The molecule has 20 heavy (non-hydrogen) atoms. The molecule has 1 aromatic rings. The summed E-state index contributed by atoms with van der Waals surface area (Å²) in [6.07, 6.45) is 9.29. The topological polar surface area (TPSA) is 12.0 Å². The number of aryl methyl sites for hydroxylation is 1. The van der Waals surface area contributed by atoms with Crippen LogP contribution in [-0.4, -0.2) is 6.04 Å². The molecule has 0 saturated heterocycles. The number of fused-ring (bicyclic) bond motifs is 1. The Morgan fingerprint density at radius 2 is 1.95 bits per heavy atom. The van der Waals surface area contributed by atoms with Gasteiger partial charge in [0.25, 0.3) is 0 Å². The van der Waals surface area contributed by atoms with Crippen LogP contribution in [0, 0.1) is 11.3 Å². The van der Waals surface area contributed by atoms with Gasteiger partial charge in [0.1, 0.15) is 0 Å². The fourth-order valence-electron chi connectivity index (χ4n) is 4.28. The summed E-state index contributed by atoms with van der Waals surface area (Å²) in [5.74, 6) is 0.776. The van der Waals surface area contributed by atoms with Gasteiger partial charge >= 0.3 is 0 Å². The van der Waals surface area contributed by atoms with Crippen molar-refractivity contribution in [3.05, 3.63) is 29.3 Å². The van der Waals surface area contributed by atoms with Crippen LogP contribution in [0.4, 0.5) is 5.69 Å². The van der Waals surface area contributed by atoms with E-state index < -0.39 is 0 Å². The van der Waals surface area contributed by atoms with Crippen LogP contribution in [-0.2, 0) is 12.8 Å². The standard InChI is InChI=1S/C19H29N/c1-14-13-19(2,3)12-11-17(14)20-18-10-6-8-15-7-4-5-9-16(15)18/h6,8,10,14,17,20H,4-5,7,9,11-13H2,1-3H3. The van der Waals surface area contributed by atoms with E-state index in [-0.39, 0.29) is 0 Å². The predicted molar refractivity (Wildman–Crippen MR) is 87.3 cm³/mol. The predicted octanol–water partition coefficient (Wildman–Crippen LogP) is 5.19. The first-order chi connectivity index (χ1) is 9.55. The Kier molecular flexibility index (Phi) is 3.79. The van der Waals surface area contributed by atoms with E-state index >= 15 is 0 Å². The van der Waals surface area contributed by atoms with Crippen LogP contribution in [0.25, 0.3) is 0 Å². The first-order valence-corrected chi connectivity index (χ1v) is 8.42. The minimum atomic E-state index is 0.535. The van der Waals surface area contributed by atoms with Gasteiger partial charge in [0.15, 0.2) is 0 Å². The Balaban J connectivity index is 1.75. The van der Waals surface area contributed by atoms with Crippen LogP contribution >= 0.6 is 0 Å². The lowest BCUT2D eigenvalue weighted by molar-refractivity contribution is 0.177. The van der Waals surface area contributed by atoms with Crippen LogP contribution in [0.2, 0.25) is 0 Å². The first-order valence-electron chi connectivity index (χ1n) is 8.42. The van der Waals surface area contributed by atoms with Crippen LogP contribution in [0.1, 0.15) is 64.0 Å². The minimum absolute atomic E-state index is 0.535. The van der Waals surface area contributed by atoms with Gasteiger partial charge in [-0.2, -0.15) is 0 Å². The number of benzene rings is 1. The van der Waals surface area contributed by atoms with Crippen molar-refractivity contribution in [1.29, 1.82) is 0 Å². The van der Waals surface area contributed by atoms with E-state index in [0.29, 0.717) is 11.5 Å². The third-order valence-corrected chi connectivity index (χ3v) is 5.43. The van der Waals surface area contributed by atoms with Crippen molar-refractivity contribution < 1.29 is 0 Å². The quantitative estimate of drug-likeness (QED) is 0.780. The summed E-state index contributed by atoms with van der Waals surface area (Å²) >= 11 is 0. The van der Waals surface area contributed by atoms with Gasteiger partial charge in [0.05, 0.1) is 0 Å². The highest BCUT2D eigenvalue weighted by molar-refractivity contribution is 5.56. The van der Waals surface area contributed by atoms with Crippen LogP contribution in [0.5, 0.6) is 0 Å². The summed E-state index contributed by atoms with van der Waals surface area (Å²) in [6, 6.07) is 7.53. The first kappa shape index (κ1) is 14.0. The molecule has 0 radical (unpaired) electrons. The Morgan fingerprint density at radius 1 is 1.15 bits per heavy atom. The highest BCUT2D eigenvalue weighted by Gasteiger charge is 2.32. The molecule has 1 heteroatoms. The van der Waals surface area contributed by atoms with Crippen molar-refractivity contribution >= 4 is 5.69 Å². The second kappa shape index (κ2) is 5.42. The van der Waals surface area contributed by atoms with Gasteiger partial charge in [-0.3, -0.25) is 0 Å². The summed E-state index contributed by atoms with van der Waals surface area (Å²) in [7, 11) is 0. The lowest BCUT2D eigenvalue weighted by atomic mass is 9.70. The van der Waals surface area contributed by atoms with Crippen molar-refractivity contribution in [2.45, 2.75) is 71.8 Å². The molecule has 3 rings (SSSR count). The van der Waals surface area contributed by atoms with E-state index in [4.69, 9.17) is 0 Å². The summed E-state index contributed by atoms with van der Waals surface area (Å²) < 4.78 is 0. The zero-order valence-electron chi connectivity index (χ0n) is 13.3. The van der Waals surface area contributed by atoms with E-state index in [1.165, 1.54) is 50.6 Å². The molecule has 0 amide bonds. The summed E-state index contributed by atoms with van der Waals surface area (Å²) in [5, 5.41) is 3.90. The van der Waals surface area contributed by atoms with E-state index in [0.717, 1.165) is 5.92 Å². The molecule has 1 nitrogen and oxygen atoms in total. The monoisotopic (exact) mass is 271 g/mol. The largest absolute Gasteiger partial charge is 0.382 e. The maximum Gasteiger partial charge on any atom is 0.0377 e. The summed E-state index contributed by atoms with van der Waals surface area (Å²) in [5.41, 5.74) is 5.16. The van der Waals surface area contributed by atoms with Gasteiger partial charge < -0.3 is 5.32 Å². The van der Waals surface area contributed by atoms with Gasteiger partial charge in [-0.25, -0.2) is 0 Å². The average Bonchev–Trinajstić information content (AvgIpc) is 2.42. The molecule has 0 aliphatic heterocycles. The second-order valence-corrected chi connectivity index (χ2v) is 7.79. The van der Waals surface area contributed by atoms with E-state index in [9.17, 15) is 0 Å². The smallest absolute Gasteiger partial charge is 0.0377 e. The molecule has 0 heterocycles. The number of hydrogen-bond acceptors (Lipinski definition) is 1. The molecule has 1 fully saturated rings. The molecule has 2 aliphatic rings. The van der Waals surface area contributed by atoms with Crippen LogP contribution in [0.3, 0.4) is 0 Å². The molecule has 110 valence electrons. The number of rotatable bonds is 2. The fourth-order valence-corrected chi connectivity index (χ4v) is 4.28. The highest BCUT2D eigenvalue weighted by Crippen LogP contribution is 2.40. The lowest BCUT2D eigenvalue weighted by Gasteiger charge is -2.40. The number of hydrogen-bond donors (Lipinski definition) is 1. The van der Waals surface area contributed by atoms with Gasteiger partial charge in [-0.1, -0.05) is 32.9 Å². The molecule has 1 aromatic carbocycles. The van der Waals surface area contributed by atoms with E-state index in [2.05, 4.69) is 44.3 Å². The third kappa shape index (κ3) is 2.87. The van der Waals surface area contributed by atoms with Gasteiger partial charge in [0.2, 0.25) is 0 Å². The minimum Gasteiger partial charge on any atom is -0.382 e. The van der Waals surface area contributed by atoms with Gasteiger partial charge in [-0.15, -0.1) is 0 Å².